The highest BCUT2D eigenvalue weighted by molar-refractivity contribution is 6.28. The van der Waals surface area contributed by atoms with Crippen molar-refractivity contribution in [3.05, 3.63) is 48.2 Å². The first-order valence-corrected chi connectivity index (χ1v) is 6.77. The van der Waals surface area contributed by atoms with Crippen LogP contribution in [0, 0.1) is 0 Å². The van der Waals surface area contributed by atoms with E-state index in [-0.39, 0.29) is 11.3 Å². The van der Waals surface area contributed by atoms with Gasteiger partial charge in [-0.2, -0.15) is 15.0 Å². The van der Waals surface area contributed by atoms with Gasteiger partial charge in [0.1, 0.15) is 12.1 Å². The van der Waals surface area contributed by atoms with Crippen molar-refractivity contribution in [2.24, 2.45) is 0 Å². The Morgan fingerprint density at radius 1 is 1.38 bits per heavy atom. The van der Waals surface area contributed by atoms with Crippen LogP contribution >= 0.6 is 11.6 Å². The van der Waals surface area contributed by atoms with Crippen LogP contribution in [0.25, 0.3) is 5.95 Å². The summed E-state index contributed by atoms with van der Waals surface area (Å²) < 4.78 is 6.98. The van der Waals surface area contributed by atoms with Crippen molar-refractivity contribution in [1.82, 2.24) is 24.5 Å². The third-order valence-electron chi connectivity index (χ3n) is 2.79. The van der Waals surface area contributed by atoms with Crippen LogP contribution in [0.15, 0.2) is 41.5 Å². The molecule has 1 N–H and O–H groups in total. The van der Waals surface area contributed by atoms with Crippen molar-refractivity contribution in [3.63, 3.8) is 0 Å². The topological polar surface area (TPSA) is 81.7 Å². The first kappa shape index (κ1) is 13.6. The zero-order valence-corrected chi connectivity index (χ0v) is 12.0. The second kappa shape index (κ2) is 5.92. The van der Waals surface area contributed by atoms with Crippen LogP contribution < -0.4 is 5.32 Å². The van der Waals surface area contributed by atoms with Gasteiger partial charge in [0.2, 0.25) is 17.2 Å². The number of nitrogens with zero attached hydrogens (tertiary/aromatic N) is 5. The van der Waals surface area contributed by atoms with Gasteiger partial charge in [0.25, 0.3) is 0 Å². The molecule has 8 heteroatoms. The summed E-state index contributed by atoms with van der Waals surface area (Å²) in [5, 5.41) is 3.31. The van der Waals surface area contributed by atoms with Gasteiger partial charge in [0.05, 0.1) is 6.26 Å². The summed E-state index contributed by atoms with van der Waals surface area (Å²) >= 11 is 5.94. The molecule has 0 aliphatic carbocycles. The Kier molecular flexibility index (Phi) is 3.83. The molecule has 3 heterocycles. The van der Waals surface area contributed by atoms with E-state index in [1.807, 2.05) is 19.1 Å². The number of imidazole rings is 1. The van der Waals surface area contributed by atoms with Gasteiger partial charge < -0.3 is 9.73 Å². The van der Waals surface area contributed by atoms with E-state index in [9.17, 15) is 0 Å². The molecular weight excluding hydrogens is 292 g/mol. The molecule has 3 aromatic rings. The van der Waals surface area contributed by atoms with Gasteiger partial charge in [0, 0.05) is 24.9 Å². The van der Waals surface area contributed by atoms with Crippen LogP contribution in [-0.4, -0.2) is 30.5 Å². The number of rotatable bonds is 5. The van der Waals surface area contributed by atoms with Crippen LogP contribution in [0.1, 0.15) is 12.7 Å². The molecule has 21 heavy (non-hydrogen) atoms. The van der Waals surface area contributed by atoms with Crippen molar-refractivity contribution < 1.29 is 4.42 Å². The van der Waals surface area contributed by atoms with Crippen LogP contribution in [0.5, 0.6) is 0 Å². The van der Waals surface area contributed by atoms with E-state index in [0.29, 0.717) is 11.9 Å². The maximum absolute atomic E-state index is 5.94. The van der Waals surface area contributed by atoms with Gasteiger partial charge in [-0.05, 0) is 30.7 Å². The SMILES string of the molecule is CC(Cc1ccco1)Nc1nc(Cl)nc(-n2ccnc2)n1. The number of hydrogen-bond donors (Lipinski definition) is 1. The zero-order chi connectivity index (χ0) is 14.7. The van der Waals surface area contributed by atoms with Crippen LogP contribution in [-0.2, 0) is 6.42 Å². The standard InChI is InChI=1S/C13H13ClN6O/c1-9(7-10-3-2-6-21-10)16-12-17-11(14)18-13(19-12)20-5-4-15-8-20/h2-6,8-9H,7H2,1H3,(H,16,17,18,19). The molecule has 7 nitrogen and oxygen atoms in total. The van der Waals surface area contributed by atoms with Crippen LogP contribution in [0.4, 0.5) is 5.95 Å². The normalized spacial score (nSPS) is 12.3. The van der Waals surface area contributed by atoms with Crippen LogP contribution in [0.2, 0.25) is 5.28 Å². The molecule has 3 aromatic heterocycles. The van der Waals surface area contributed by atoms with E-state index >= 15 is 0 Å². The monoisotopic (exact) mass is 304 g/mol. The van der Waals surface area contributed by atoms with Gasteiger partial charge in [-0.15, -0.1) is 0 Å². The molecule has 0 aliphatic rings. The van der Waals surface area contributed by atoms with Crippen molar-refractivity contribution in [1.29, 1.82) is 0 Å². The Labute approximate surface area is 126 Å². The van der Waals surface area contributed by atoms with Crippen molar-refractivity contribution in [2.45, 2.75) is 19.4 Å². The molecule has 0 bridgehead atoms. The fourth-order valence-corrected chi connectivity index (χ4v) is 2.05. The average Bonchev–Trinajstić information content (AvgIpc) is 3.10. The highest BCUT2D eigenvalue weighted by Gasteiger charge is 2.11. The molecule has 0 amide bonds. The van der Waals surface area contributed by atoms with E-state index in [0.717, 1.165) is 12.2 Å². The van der Waals surface area contributed by atoms with E-state index in [2.05, 4.69) is 25.3 Å². The Hall–Kier alpha value is -2.41. The Balaban J connectivity index is 1.76. The molecule has 0 radical (unpaired) electrons. The smallest absolute Gasteiger partial charge is 0.241 e. The molecular formula is C13H13ClN6O. The minimum atomic E-state index is 0.0882. The quantitative estimate of drug-likeness (QED) is 0.779. The lowest BCUT2D eigenvalue weighted by atomic mass is 10.2. The van der Waals surface area contributed by atoms with Gasteiger partial charge in [-0.25, -0.2) is 4.98 Å². The van der Waals surface area contributed by atoms with Crippen molar-refractivity contribution in [2.75, 3.05) is 5.32 Å². The summed E-state index contributed by atoms with van der Waals surface area (Å²) in [6, 6.07) is 3.87. The summed E-state index contributed by atoms with van der Waals surface area (Å²) in [7, 11) is 0. The summed E-state index contributed by atoms with van der Waals surface area (Å²) in [5.74, 6) is 1.72. The van der Waals surface area contributed by atoms with Gasteiger partial charge in [0.15, 0.2) is 0 Å². The van der Waals surface area contributed by atoms with E-state index in [1.165, 1.54) is 0 Å². The lowest BCUT2D eigenvalue weighted by molar-refractivity contribution is 0.497. The fraction of sp³-hybridized carbons (Fsp3) is 0.231. The molecule has 3 rings (SSSR count). The molecule has 1 unspecified atom stereocenters. The first-order valence-electron chi connectivity index (χ1n) is 6.39. The predicted molar refractivity (Wildman–Crippen MR) is 77.5 cm³/mol. The van der Waals surface area contributed by atoms with Gasteiger partial charge >= 0.3 is 0 Å². The summed E-state index contributed by atoms with van der Waals surface area (Å²) in [6.07, 6.45) is 7.35. The second-order valence-electron chi connectivity index (χ2n) is 4.53. The molecule has 0 aromatic carbocycles. The van der Waals surface area contributed by atoms with Crippen molar-refractivity contribution >= 4 is 17.5 Å². The lowest BCUT2D eigenvalue weighted by Gasteiger charge is -2.13. The van der Waals surface area contributed by atoms with E-state index in [1.54, 1.807) is 29.6 Å². The third-order valence-corrected chi connectivity index (χ3v) is 2.96. The van der Waals surface area contributed by atoms with Crippen LogP contribution in [0.3, 0.4) is 0 Å². The zero-order valence-electron chi connectivity index (χ0n) is 11.3. The highest BCUT2D eigenvalue weighted by atomic mass is 35.5. The second-order valence-corrected chi connectivity index (χ2v) is 4.86. The van der Waals surface area contributed by atoms with E-state index in [4.69, 9.17) is 16.0 Å². The fourth-order valence-electron chi connectivity index (χ4n) is 1.90. The molecule has 0 aliphatic heterocycles. The summed E-state index contributed by atoms with van der Waals surface area (Å²) in [4.78, 5) is 16.4. The predicted octanol–water partition coefficient (Wildman–Crippen LogP) is 2.35. The number of anilines is 1. The molecule has 0 spiro atoms. The Morgan fingerprint density at radius 2 is 2.29 bits per heavy atom. The molecule has 0 saturated carbocycles. The number of aromatic nitrogens is 5. The minimum Gasteiger partial charge on any atom is -0.469 e. The lowest BCUT2D eigenvalue weighted by Crippen LogP contribution is -2.20. The van der Waals surface area contributed by atoms with Gasteiger partial charge in [-0.1, -0.05) is 0 Å². The highest BCUT2D eigenvalue weighted by Crippen LogP contribution is 2.12. The van der Waals surface area contributed by atoms with Gasteiger partial charge in [-0.3, -0.25) is 4.57 Å². The minimum absolute atomic E-state index is 0.0882. The van der Waals surface area contributed by atoms with E-state index < -0.39 is 0 Å². The molecule has 0 fully saturated rings. The summed E-state index contributed by atoms with van der Waals surface area (Å²) in [6.45, 7) is 2.01. The molecule has 0 saturated heterocycles. The number of halogens is 1. The Bertz CT molecular complexity index is 698. The number of nitrogens with one attached hydrogen (secondary N) is 1. The third kappa shape index (κ3) is 3.38. The van der Waals surface area contributed by atoms with Crippen molar-refractivity contribution in [3.8, 4) is 5.95 Å². The summed E-state index contributed by atoms with van der Waals surface area (Å²) in [5.41, 5.74) is 0. The molecule has 1 atom stereocenters. The number of furan rings is 1. The first-order chi connectivity index (χ1) is 10.2. The molecule has 108 valence electrons. The maximum atomic E-state index is 5.94. The Morgan fingerprint density at radius 3 is 3.00 bits per heavy atom. The average molecular weight is 305 g/mol. The maximum Gasteiger partial charge on any atom is 0.241 e. The number of hydrogen-bond acceptors (Lipinski definition) is 6. The largest absolute Gasteiger partial charge is 0.469 e.